The molecule has 1 N–H and O–H groups in total. The molecule has 27 heavy (non-hydrogen) atoms. The maximum atomic E-state index is 12.1. The Bertz CT molecular complexity index is 1070. The number of likely N-dealkylation sites (tertiary alicyclic amines) is 1. The van der Waals surface area contributed by atoms with Gasteiger partial charge in [0.1, 0.15) is 17.2 Å². The van der Waals surface area contributed by atoms with Gasteiger partial charge in [-0.1, -0.05) is 12.1 Å². The van der Waals surface area contributed by atoms with Crippen LogP contribution in [0.1, 0.15) is 18.4 Å². The maximum Gasteiger partial charge on any atom is 0.272 e. The summed E-state index contributed by atoms with van der Waals surface area (Å²) >= 11 is 0. The van der Waals surface area contributed by atoms with Crippen molar-refractivity contribution in [2.45, 2.75) is 25.5 Å². The normalized spacial score (nSPS) is 16.9. The first-order valence-electron chi connectivity index (χ1n) is 9.30. The molecule has 1 aromatic heterocycles. The minimum Gasteiger partial charge on any atom is -0.456 e. The van der Waals surface area contributed by atoms with Gasteiger partial charge < -0.3 is 9.47 Å². The van der Waals surface area contributed by atoms with Crippen LogP contribution in [0.2, 0.25) is 0 Å². The molecule has 0 radical (unpaired) electrons. The zero-order chi connectivity index (χ0) is 18.4. The van der Waals surface area contributed by atoms with E-state index in [1.54, 1.807) is 13.2 Å². The molecule has 0 saturated carbocycles. The minimum absolute atomic E-state index is 0.195. The molecule has 0 atom stereocenters. The highest BCUT2D eigenvalue weighted by atomic mass is 16.5. The molecule has 0 amide bonds. The Morgan fingerprint density at radius 3 is 2.89 bits per heavy atom. The van der Waals surface area contributed by atoms with Gasteiger partial charge in [0, 0.05) is 32.3 Å². The number of hydrogen-bond acceptors (Lipinski definition) is 5. The van der Waals surface area contributed by atoms with Gasteiger partial charge in [-0.05, 0) is 42.7 Å². The second-order valence-corrected chi connectivity index (χ2v) is 7.22. The van der Waals surface area contributed by atoms with Crippen LogP contribution in [0.4, 0.5) is 0 Å². The highest BCUT2D eigenvalue weighted by molar-refractivity contribution is 6.01. The first-order valence-corrected chi connectivity index (χ1v) is 9.30. The Morgan fingerprint density at radius 1 is 1.22 bits per heavy atom. The van der Waals surface area contributed by atoms with E-state index in [1.165, 1.54) is 5.56 Å². The third kappa shape index (κ3) is 2.81. The van der Waals surface area contributed by atoms with E-state index in [9.17, 15) is 4.79 Å². The molecular weight excluding hydrogens is 342 g/mol. The van der Waals surface area contributed by atoms with Crippen LogP contribution in [0.3, 0.4) is 0 Å². The molecule has 1 saturated heterocycles. The van der Waals surface area contributed by atoms with E-state index in [1.807, 2.05) is 18.2 Å². The Morgan fingerprint density at radius 2 is 2.07 bits per heavy atom. The minimum atomic E-state index is -0.195. The number of benzene rings is 2. The molecule has 0 aliphatic carbocycles. The molecule has 1 fully saturated rings. The van der Waals surface area contributed by atoms with Gasteiger partial charge in [-0.25, -0.2) is 5.10 Å². The van der Waals surface area contributed by atoms with Crippen LogP contribution >= 0.6 is 0 Å². The summed E-state index contributed by atoms with van der Waals surface area (Å²) in [7, 11) is 1.79. The molecule has 2 aliphatic rings. The smallest absolute Gasteiger partial charge is 0.272 e. The van der Waals surface area contributed by atoms with Gasteiger partial charge >= 0.3 is 0 Å². The number of aromatic amines is 1. The Hall–Kier alpha value is -2.70. The zero-order valence-electron chi connectivity index (χ0n) is 15.2. The number of H-pyrrole nitrogens is 1. The third-order valence-corrected chi connectivity index (χ3v) is 5.57. The highest BCUT2D eigenvalue weighted by Crippen LogP contribution is 2.44. The molecule has 5 rings (SSSR count). The van der Waals surface area contributed by atoms with Crippen LogP contribution in [0, 0.1) is 0 Å². The van der Waals surface area contributed by atoms with E-state index in [-0.39, 0.29) is 5.56 Å². The number of ether oxygens (including phenoxy) is 2. The van der Waals surface area contributed by atoms with Gasteiger partial charge in [-0.3, -0.25) is 9.69 Å². The lowest BCUT2D eigenvalue weighted by molar-refractivity contribution is 0.0389. The van der Waals surface area contributed by atoms with E-state index >= 15 is 0 Å². The van der Waals surface area contributed by atoms with Gasteiger partial charge in [0.15, 0.2) is 0 Å². The average molecular weight is 363 g/mol. The largest absolute Gasteiger partial charge is 0.456 e. The molecule has 6 nitrogen and oxygen atoms in total. The Kier molecular flexibility index (Phi) is 3.95. The van der Waals surface area contributed by atoms with Gasteiger partial charge in [-0.2, -0.15) is 5.10 Å². The summed E-state index contributed by atoms with van der Waals surface area (Å²) in [4.78, 5) is 14.6. The fraction of sp³-hybridized carbons (Fsp3) is 0.333. The second-order valence-electron chi connectivity index (χ2n) is 7.22. The van der Waals surface area contributed by atoms with E-state index in [0.717, 1.165) is 54.9 Å². The molecule has 0 unspecified atom stereocenters. The summed E-state index contributed by atoms with van der Waals surface area (Å²) in [5, 5.41) is 8.35. The van der Waals surface area contributed by atoms with Gasteiger partial charge in [-0.15, -0.1) is 0 Å². The molecular formula is C21H21N3O3. The number of nitrogens with one attached hydrogen (secondary N) is 1. The van der Waals surface area contributed by atoms with E-state index in [4.69, 9.17) is 9.47 Å². The van der Waals surface area contributed by atoms with Gasteiger partial charge in [0.2, 0.25) is 0 Å². The third-order valence-electron chi connectivity index (χ3n) is 5.57. The predicted octanol–water partition coefficient (Wildman–Crippen LogP) is 3.31. The maximum absolute atomic E-state index is 12.1. The predicted molar refractivity (Wildman–Crippen MR) is 103 cm³/mol. The molecule has 3 heterocycles. The first-order chi connectivity index (χ1) is 13.2. The van der Waals surface area contributed by atoms with Crippen LogP contribution in [0.25, 0.3) is 22.0 Å². The van der Waals surface area contributed by atoms with Crippen molar-refractivity contribution in [2.75, 3.05) is 20.2 Å². The lowest BCUT2D eigenvalue weighted by Gasteiger charge is -2.31. The first kappa shape index (κ1) is 16.5. The van der Waals surface area contributed by atoms with E-state index < -0.39 is 0 Å². The average Bonchev–Trinajstić information content (AvgIpc) is 2.71. The molecule has 0 bridgehead atoms. The van der Waals surface area contributed by atoms with Crippen LogP contribution in [0.5, 0.6) is 11.5 Å². The molecule has 3 aromatic rings. The number of methoxy groups -OCH3 is 1. The number of piperidine rings is 1. The van der Waals surface area contributed by atoms with Crippen molar-refractivity contribution in [2.24, 2.45) is 0 Å². The highest BCUT2D eigenvalue weighted by Gasteiger charge is 2.24. The van der Waals surface area contributed by atoms with Crippen molar-refractivity contribution in [3.05, 3.63) is 52.3 Å². The second kappa shape index (κ2) is 6.48. The quantitative estimate of drug-likeness (QED) is 0.605. The van der Waals surface area contributed by atoms with Crippen LogP contribution < -0.4 is 10.3 Å². The number of hydrogen-bond donors (Lipinski definition) is 1. The van der Waals surface area contributed by atoms with Crippen molar-refractivity contribution in [3.63, 3.8) is 0 Å². The summed E-state index contributed by atoms with van der Waals surface area (Å²) in [5.41, 5.74) is 2.73. The fourth-order valence-electron chi connectivity index (χ4n) is 4.10. The molecule has 2 aromatic carbocycles. The standard InChI is InChI=1S/C21H21N3O3/c1-26-14-7-9-24(10-8-14)12-13-5-6-17-16(11-13)20-19-15(21(25)23-22-20)3-2-4-18(19)27-17/h2-6,11,14H,7-10,12H2,1H3,(H,23,25). The topological polar surface area (TPSA) is 67.5 Å². The van der Waals surface area contributed by atoms with E-state index in [0.29, 0.717) is 17.2 Å². The number of fused-ring (bicyclic) bond motifs is 2. The molecule has 6 heteroatoms. The van der Waals surface area contributed by atoms with Crippen molar-refractivity contribution in [1.29, 1.82) is 0 Å². The van der Waals surface area contributed by atoms with Crippen LogP contribution in [-0.2, 0) is 11.3 Å². The summed E-state index contributed by atoms with van der Waals surface area (Å²) < 4.78 is 11.5. The SMILES string of the molecule is COC1CCN(Cc2ccc3c(c2)-c2n[nH]c(=O)c4cccc(c24)O3)CC1. The molecule has 2 aliphatic heterocycles. The number of aromatic nitrogens is 2. The lowest BCUT2D eigenvalue weighted by Crippen LogP contribution is -2.36. The van der Waals surface area contributed by atoms with Gasteiger partial charge in [0.25, 0.3) is 5.56 Å². The van der Waals surface area contributed by atoms with Crippen molar-refractivity contribution < 1.29 is 9.47 Å². The lowest BCUT2D eigenvalue weighted by atomic mass is 9.98. The van der Waals surface area contributed by atoms with Crippen LogP contribution in [0.15, 0.2) is 41.2 Å². The summed E-state index contributed by atoms with van der Waals surface area (Å²) in [6.45, 7) is 2.96. The summed E-state index contributed by atoms with van der Waals surface area (Å²) in [5.74, 6) is 1.46. The van der Waals surface area contributed by atoms with E-state index in [2.05, 4.69) is 27.2 Å². The zero-order valence-corrected chi connectivity index (χ0v) is 15.2. The van der Waals surface area contributed by atoms with Crippen LogP contribution in [-0.4, -0.2) is 41.4 Å². The van der Waals surface area contributed by atoms with Crippen molar-refractivity contribution >= 4 is 10.8 Å². The van der Waals surface area contributed by atoms with Gasteiger partial charge in [0.05, 0.1) is 16.9 Å². The van der Waals surface area contributed by atoms with Crippen molar-refractivity contribution in [1.82, 2.24) is 15.1 Å². The van der Waals surface area contributed by atoms with Crippen molar-refractivity contribution in [3.8, 4) is 22.8 Å². The molecule has 0 spiro atoms. The molecule has 138 valence electrons. The monoisotopic (exact) mass is 363 g/mol. The Balaban J connectivity index is 1.50. The number of nitrogens with zero attached hydrogens (tertiary/aromatic N) is 2. The summed E-state index contributed by atoms with van der Waals surface area (Å²) in [6, 6.07) is 11.8. The summed E-state index contributed by atoms with van der Waals surface area (Å²) in [6.07, 6.45) is 2.52. The fourth-order valence-corrected chi connectivity index (χ4v) is 4.10. The Labute approximate surface area is 156 Å². The number of rotatable bonds is 3.